The van der Waals surface area contributed by atoms with E-state index >= 15 is 0 Å². The quantitative estimate of drug-likeness (QED) is 0.731. The van der Waals surface area contributed by atoms with Crippen molar-refractivity contribution in [1.82, 2.24) is 9.88 Å². The van der Waals surface area contributed by atoms with Gasteiger partial charge in [0.15, 0.2) is 0 Å². The van der Waals surface area contributed by atoms with E-state index in [2.05, 4.69) is 5.32 Å². The molecule has 1 aromatic rings. The summed E-state index contributed by atoms with van der Waals surface area (Å²) in [7, 11) is -2.31. The van der Waals surface area contributed by atoms with Crippen molar-refractivity contribution in [3.8, 4) is 0 Å². The Hall–Kier alpha value is -1.38. The molecule has 21 heavy (non-hydrogen) atoms. The molecule has 1 heterocycles. The van der Waals surface area contributed by atoms with E-state index in [4.69, 9.17) is 9.88 Å². The number of primary sulfonamides is 1. The van der Waals surface area contributed by atoms with E-state index in [0.29, 0.717) is 25.6 Å². The maximum Gasteiger partial charge on any atom is 0.267 e. The molecule has 1 rings (SSSR count). The summed E-state index contributed by atoms with van der Waals surface area (Å²) in [6, 6.07) is 1.29. The molecule has 0 aliphatic heterocycles. The Morgan fingerprint density at radius 3 is 2.71 bits per heavy atom. The number of hydrogen-bond donors (Lipinski definition) is 2. The summed E-state index contributed by atoms with van der Waals surface area (Å²) in [5.74, 6) is 0.0374. The van der Waals surface area contributed by atoms with Gasteiger partial charge in [0.05, 0.1) is 6.61 Å². The van der Waals surface area contributed by atoms with E-state index in [1.807, 2.05) is 13.8 Å². The largest absolute Gasteiger partial charge is 0.383 e. The first-order valence-electron chi connectivity index (χ1n) is 6.79. The molecular weight excluding hydrogens is 294 g/mol. The van der Waals surface area contributed by atoms with Crippen LogP contribution in [0.4, 0.5) is 0 Å². The average Bonchev–Trinajstić information content (AvgIpc) is 2.86. The molecule has 0 fully saturated rings. The second-order valence-corrected chi connectivity index (χ2v) is 6.58. The molecule has 120 valence electrons. The van der Waals surface area contributed by atoms with E-state index < -0.39 is 10.0 Å². The summed E-state index contributed by atoms with van der Waals surface area (Å²) < 4.78 is 29.3. The fraction of sp³-hybridized carbons (Fsp3) is 0.615. The summed E-state index contributed by atoms with van der Waals surface area (Å²) in [5.41, 5.74) is 0.263. The van der Waals surface area contributed by atoms with Crippen LogP contribution in [-0.4, -0.2) is 39.2 Å². The zero-order chi connectivity index (χ0) is 16.0. The Morgan fingerprint density at radius 1 is 1.52 bits per heavy atom. The van der Waals surface area contributed by atoms with Gasteiger partial charge in [0.25, 0.3) is 5.91 Å². The topological polar surface area (TPSA) is 103 Å². The SMILES string of the molecule is CCC(C)CNC(=O)c1cc(S(N)(=O)=O)cn1CCOC. The number of methoxy groups -OCH3 is 1. The molecule has 0 aliphatic rings. The molecule has 0 radical (unpaired) electrons. The van der Waals surface area contributed by atoms with Gasteiger partial charge < -0.3 is 14.6 Å². The minimum atomic E-state index is -3.84. The van der Waals surface area contributed by atoms with Gasteiger partial charge in [-0.3, -0.25) is 4.79 Å². The van der Waals surface area contributed by atoms with Crippen LogP contribution in [-0.2, 0) is 21.3 Å². The maximum absolute atomic E-state index is 12.2. The molecule has 7 nitrogen and oxygen atoms in total. The van der Waals surface area contributed by atoms with E-state index in [1.54, 1.807) is 0 Å². The predicted molar refractivity (Wildman–Crippen MR) is 79.5 cm³/mol. The number of amides is 1. The highest BCUT2D eigenvalue weighted by atomic mass is 32.2. The van der Waals surface area contributed by atoms with Gasteiger partial charge in [-0.15, -0.1) is 0 Å². The van der Waals surface area contributed by atoms with Crippen LogP contribution >= 0.6 is 0 Å². The van der Waals surface area contributed by atoms with Crippen molar-refractivity contribution in [2.45, 2.75) is 31.7 Å². The van der Waals surface area contributed by atoms with Crippen molar-refractivity contribution in [3.63, 3.8) is 0 Å². The third-order valence-electron chi connectivity index (χ3n) is 3.28. The second-order valence-electron chi connectivity index (χ2n) is 5.02. The number of sulfonamides is 1. The lowest BCUT2D eigenvalue weighted by molar-refractivity contribution is 0.0935. The van der Waals surface area contributed by atoms with Gasteiger partial charge in [-0.1, -0.05) is 20.3 Å². The normalized spacial score (nSPS) is 13.1. The highest BCUT2D eigenvalue weighted by Crippen LogP contribution is 2.13. The van der Waals surface area contributed by atoms with Crippen LogP contribution < -0.4 is 10.5 Å². The summed E-state index contributed by atoms with van der Waals surface area (Å²) >= 11 is 0. The zero-order valence-electron chi connectivity index (χ0n) is 12.6. The number of carbonyl (C=O) groups is 1. The van der Waals surface area contributed by atoms with E-state index in [1.165, 1.54) is 23.9 Å². The molecule has 8 heteroatoms. The molecule has 0 aliphatic carbocycles. The minimum Gasteiger partial charge on any atom is -0.383 e. The monoisotopic (exact) mass is 317 g/mol. The predicted octanol–water partition coefficient (Wildman–Crippen LogP) is 0.558. The van der Waals surface area contributed by atoms with Gasteiger partial charge in [0.2, 0.25) is 10.0 Å². The summed E-state index contributed by atoms with van der Waals surface area (Å²) in [5, 5.41) is 7.90. The van der Waals surface area contributed by atoms with Gasteiger partial charge in [-0.05, 0) is 12.0 Å². The van der Waals surface area contributed by atoms with Crippen LogP contribution in [0, 0.1) is 5.92 Å². The van der Waals surface area contributed by atoms with Crippen LogP contribution in [0.25, 0.3) is 0 Å². The number of nitrogens with two attached hydrogens (primary N) is 1. The standard InChI is InChI=1S/C13H23N3O4S/c1-4-10(2)8-15-13(17)12-7-11(21(14,18)19)9-16(12)5-6-20-3/h7,9-10H,4-6,8H2,1-3H3,(H,15,17)(H2,14,18,19). The third kappa shape index (κ3) is 5.14. The molecular formula is C13H23N3O4S. The lowest BCUT2D eigenvalue weighted by Gasteiger charge is -2.12. The lowest BCUT2D eigenvalue weighted by atomic mass is 10.1. The lowest BCUT2D eigenvalue weighted by Crippen LogP contribution is -2.30. The number of hydrogen-bond acceptors (Lipinski definition) is 4. The first-order chi connectivity index (χ1) is 9.79. The summed E-state index contributed by atoms with van der Waals surface area (Å²) in [6.45, 7) is 5.34. The van der Waals surface area contributed by atoms with E-state index in [-0.39, 0.29) is 16.5 Å². The Morgan fingerprint density at radius 2 is 2.19 bits per heavy atom. The Kier molecular flexibility index (Phi) is 6.38. The number of rotatable bonds is 8. The molecule has 0 bridgehead atoms. The van der Waals surface area contributed by atoms with Crippen LogP contribution in [0.2, 0.25) is 0 Å². The van der Waals surface area contributed by atoms with Crippen LogP contribution in [0.3, 0.4) is 0 Å². The van der Waals surface area contributed by atoms with Crippen molar-refractivity contribution >= 4 is 15.9 Å². The second kappa shape index (κ2) is 7.58. The Bertz CT molecular complexity index is 580. The number of aromatic nitrogens is 1. The fourth-order valence-electron chi connectivity index (χ4n) is 1.71. The fourth-order valence-corrected chi connectivity index (χ4v) is 2.26. The van der Waals surface area contributed by atoms with Crippen molar-refractivity contribution in [1.29, 1.82) is 0 Å². The zero-order valence-corrected chi connectivity index (χ0v) is 13.4. The summed E-state index contributed by atoms with van der Waals surface area (Å²) in [4.78, 5) is 12.1. The highest BCUT2D eigenvalue weighted by Gasteiger charge is 2.19. The van der Waals surface area contributed by atoms with Gasteiger partial charge in [-0.2, -0.15) is 0 Å². The molecule has 0 spiro atoms. The van der Waals surface area contributed by atoms with Crippen LogP contribution in [0.5, 0.6) is 0 Å². The van der Waals surface area contributed by atoms with E-state index in [9.17, 15) is 13.2 Å². The molecule has 0 saturated heterocycles. The molecule has 0 saturated carbocycles. The Labute approximate surface area is 125 Å². The first-order valence-corrected chi connectivity index (χ1v) is 8.34. The first kappa shape index (κ1) is 17.7. The highest BCUT2D eigenvalue weighted by molar-refractivity contribution is 7.89. The molecule has 1 unspecified atom stereocenters. The van der Waals surface area contributed by atoms with Gasteiger partial charge in [-0.25, -0.2) is 13.6 Å². The van der Waals surface area contributed by atoms with Crippen molar-refractivity contribution in [3.05, 3.63) is 18.0 Å². The molecule has 1 amide bonds. The number of carbonyl (C=O) groups excluding carboxylic acids is 1. The molecule has 0 aromatic carbocycles. The van der Waals surface area contributed by atoms with Gasteiger partial charge in [0.1, 0.15) is 10.6 Å². The maximum atomic E-state index is 12.2. The van der Waals surface area contributed by atoms with Gasteiger partial charge >= 0.3 is 0 Å². The van der Waals surface area contributed by atoms with Crippen molar-refractivity contribution in [2.24, 2.45) is 11.1 Å². The minimum absolute atomic E-state index is 0.0766. The number of nitrogens with one attached hydrogen (secondary N) is 1. The van der Waals surface area contributed by atoms with Crippen molar-refractivity contribution < 1.29 is 17.9 Å². The van der Waals surface area contributed by atoms with Gasteiger partial charge in [0, 0.05) is 26.4 Å². The molecule has 1 aromatic heterocycles. The molecule has 1 atom stereocenters. The average molecular weight is 317 g/mol. The smallest absolute Gasteiger partial charge is 0.267 e. The van der Waals surface area contributed by atoms with E-state index in [0.717, 1.165) is 6.42 Å². The number of nitrogens with zero attached hydrogens (tertiary/aromatic N) is 1. The van der Waals surface area contributed by atoms with Crippen LogP contribution in [0.15, 0.2) is 17.2 Å². The van der Waals surface area contributed by atoms with Crippen molar-refractivity contribution in [2.75, 3.05) is 20.3 Å². The molecule has 3 N–H and O–H groups in total. The summed E-state index contributed by atoms with van der Waals surface area (Å²) in [6.07, 6.45) is 2.31. The third-order valence-corrected chi connectivity index (χ3v) is 4.16. The number of ether oxygens (including phenoxy) is 1. The Balaban J connectivity index is 2.97. The van der Waals surface area contributed by atoms with Crippen LogP contribution in [0.1, 0.15) is 30.8 Å².